The molecule has 0 atom stereocenters. The average Bonchev–Trinajstić information content (AvgIpc) is 2.08. The third kappa shape index (κ3) is 1.89. The normalized spacial score (nSPS) is 16.2. The van der Waals surface area contributed by atoms with Crippen LogP contribution in [-0.2, 0) is 0 Å². The third-order valence-electron chi connectivity index (χ3n) is 0.564. The highest BCUT2D eigenvalue weighted by molar-refractivity contribution is 14.1. The smallest absolute Gasteiger partial charge is 0.0478 e. The molecule has 0 fully saturated rings. The molecule has 0 spiro atoms. The molecule has 0 aliphatic carbocycles. The summed E-state index contributed by atoms with van der Waals surface area (Å²) in [4.78, 5) is 0. The average molecular weight is 334 g/mol. The zero-order valence-electron chi connectivity index (χ0n) is 7.76. The molecule has 0 saturated carbocycles. The van der Waals surface area contributed by atoms with Crippen molar-refractivity contribution in [3.63, 3.8) is 0 Å². The van der Waals surface area contributed by atoms with Gasteiger partial charge < -0.3 is 0 Å². The molecule has 0 aliphatic rings. The quantitative estimate of drug-likeness (QED) is 0.640. The van der Waals surface area contributed by atoms with Crippen LogP contribution in [0.2, 0.25) is 0 Å². The molecule has 0 heterocycles. The fourth-order valence-electron chi connectivity index (χ4n) is 0.282. The highest BCUT2D eigenvalue weighted by atomic mass is 127. The molecule has 8 heavy (non-hydrogen) atoms. The molecule has 2 heteroatoms. The van der Waals surface area contributed by atoms with E-state index >= 15 is 0 Å². The fraction of sp³-hybridized carbons (Fsp3) is 0. The maximum Gasteiger partial charge on any atom is 0.0634 e. The van der Waals surface area contributed by atoms with Crippen LogP contribution in [0.5, 0.6) is 0 Å². The molecule has 0 unspecified atom stereocenters. The van der Waals surface area contributed by atoms with Crippen molar-refractivity contribution in [1.82, 2.24) is 0 Å². The standard InChI is InChI=1S/C6H4I2/c7-5-1-2-6(8)4-3-5/h1-4H/i1D,2D,3D,4D. The van der Waals surface area contributed by atoms with Crippen molar-refractivity contribution in [1.29, 1.82) is 0 Å². The largest absolute Gasteiger partial charge is 0.0634 e. The Hall–Kier alpha value is 0.680. The van der Waals surface area contributed by atoms with E-state index in [0.29, 0.717) is 7.14 Å². The van der Waals surface area contributed by atoms with E-state index in [1.54, 1.807) is 0 Å². The van der Waals surface area contributed by atoms with Gasteiger partial charge in [-0.2, -0.15) is 0 Å². The minimum Gasteiger partial charge on any atom is -0.0478 e. The molecule has 0 amide bonds. The number of rotatable bonds is 0. The molecule has 42 valence electrons. The van der Waals surface area contributed by atoms with Gasteiger partial charge in [-0.15, -0.1) is 0 Å². The minimum atomic E-state index is 0.0426. The lowest BCUT2D eigenvalue weighted by Gasteiger charge is -1.87. The van der Waals surface area contributed by atoms with Crippen LogP contribution in [0.15, 0.2) is 24.2 Å². The lowest BCUT2D eigenvalue weighted by Crippen LogP contribution is -1.68. The number of hydrogen-bond donors (Lipinski definition) is 0. The summed E-state index contributed by atoms with van der Waals surface area (Å²) in [5.74, 6) is 0. The van der Waals surface area contributed by atoms with Gasteiger partial charge in [0.05, 0.1) is 5.48 Å². The van der Waals surface area contributed by atoms with Gasteiger partial charge in [0.15, 0.2) is 0 Å². The molecule has 0 radical (unpaired) electrons. The van der Waals surface area contributed by atoms with Crippen LogP contribution in [0.4, 0.5) is 0 Å². The van der Waals surface area contributed by atoms with Crippen molar-refractivity contribution in [3.05, 3.63) is 31.3 Å². The second kappa shape index (κ2) is 3.00. The first-order valence-electron chi connectivity index (χ1n) is 3.88. The summed E-state index contributed by atoms with van der Waals surface area (Å²) in [6, 6.07) is 0.170. The SMILES string of the molecule is [2H]c1c([2H])c(I)c([2H])c([2H])c1I. The molecule has 0 N–H and O–H groups in total. The third-order valence-corrected chi connectivity index (χ3v) is 1.64. The van der Waals surface area contributed by atoms with E-state index < -0.39 is 0 Å². The van der Waals surface area contributed by atoms with Crippen molar-refractivity contribution in [2.45, 2.75) is 0 Å². The Morgan fingerprint density at radius 3 is 1.50 bits per heavy atom. The van der Waals surface area contributed by atoms with Crippen molar-refractivity contribution in [3.8, 4) is 0 Å². The first-order valence-corrected chi connectivity index (χ1v) is 4.04. The van der Waals surface area contributed by atoms with Crippen LogP contribution in [0.25, 0.3) is 0 Å². The number of halogens is 2. The zero-order chi connectivity index (χ0) is 9.46. The summed E-state index contributed by atoms with van der Waals surface area (Å²) in [7, 11) is 0. The van der Waals surface area contributed by atoms with Crippen LogP contribution in [0, 0.1) is 7.14 Å². The van der Waals surface area contributed by atoms with Crippen molar-refractivity contribution in [2.75, 3.05) is 0 Å². The Kier molecular flexibility index (Phi) is 1.20. The fourth-order valence-corrected chi connectivity index (χ4v) is 0.821. The molecule has 1 rings (SSSR count). The summed E-state index contributed by atoms with van der Waals surface area (Å²) in [5, 5.41) is 0. The van der Waals surface area contributed by atoms with Gasteiger partial charge in [0.25, 0.3) is 0 Å². The Labute approximate surface area is 81.6 Å². The van der Waals surface area contributed by atoms with Crippen LogP contribution in [0.3, 0.4) is 0 Å². The maximum atomic E-state index is 7.42. The van der Waals surface area contributed by atoms with Gasteiger partial charge in [0, 0.05) is 7.14 Å². The Morgan fingerprint density at radius 2 is 1.25 bits per heavy atom. The van der Waals surface area contributed by atoms with E-state index in [2.05, 4.69) is 0 Å². The van der Waals surface area contributed by atoms with Gasteiger partial charge in [-0.3, -0.25) is 0 Å². The van der Waals surface area contributed by atoms with Crippen molar-refractivity contribution < 1.29 is 5.48 Å². The molecule has 1 aromatic carbocycles. The summed E-state index contributed by atoms with van der Waals surface area (Å²) in [6.07, 6.45) is 0. The van der Waals surface area contributed by atoms with E-state index in [1.165, 1.54) is 0 Å². The Balaban J connectivity index is 3.60. The van der Waals surface area contributed by atoms with E-state index in [0.717, 1.165) is 0 Å². The lowest BCUT2D eigenvalue weighted by atomic mass is 10.4. The minimum absolute atomic E-state index is 0.0426. The first-order chi connectivity index (χ1) is 5.46. The first kappa shape index (κ1) is 3.18. The van der Waals surface area contributed by atoms with Gasteiger partial charge in [-0.05, 0) is 69.4 Å². The van der Waals surface area contributed by atoms with E-state index in [4.69, 9.17) is 5.48 Å². The van der Waals surface area contributed by atoms with Gasteiger partial charge in [0.1, 0.15) is 0 Å². The highest BCUT2D eigenvalue weighted by Crippen LogP contribution is 2.07. The van der Waals surface area contributed by atoms with Gasteiger partial charge in [0.2, 0.25) is 0 Å². The Bertz CT molecular complexity index is 232. The van der Waals surface area contributed by atoms with Crippen LogP contribution in [-0.4, -0.2) is 0 Å². The highest BCUT2D eigenvalue weighted by Gasteiger charge is 1.82. The molecule has 0 bridgehead atoms. The second-order valence-electron chi connectivity index (χ2n) is 1.13. The predicted octanol–water partition coefficient (Wildman–Crippen LogP) is 2.90. The van der Waals surface area contributed by atoms with Gasteiger partial charge in [-0.1, -0.05) is 0 Å². The Morgan fingerprint density at radius 1 is 1.00 bits per heavy atom. The number of hydrogen-bond acceptors (Lipinski definition) is 0. The monoisotopic (exact) mass is 334 g/mol. The van der Waals surface area contributed by atoms with Crippen molar-refractivity contribution in [2.24, 2.45) is 0 Å². The summed E-state index contributed by atoms with van der Waals surface area (Å²) in [5.41, 5.74) is 0. The van der Waals surface area contributed by atoms with Gasteiger partial charge in [-0.25, -0.2) is 0 Å². The maximum absolute atomic E-state index is 7.42. The predicted molar refractivity (Wildman–Crippen MR) is 51.9 cm³/mol. The van der Waals surface area contributed by atoms with E-state index in [9.17, 15) is 0 Å². The van der Waals surface area contributed by atoms with Crippen molar-refractivity contribution >= 4 is 45.2 Å². The molecule has 1 aromatic rings. The lowest BCUT2D eigenvalue weighted by molar-refractivity contribution is 1.60. The molecule has 0 aliphatic heterocycles. The van der Waals surface area contributed by atoms with E-state index in [1.807, 2.05) is 45.2 Å². The summed E-state index contributed by atoms with van der Waals surface area (Å²) >= 11 is 3.64. The molecule has 0 aromatic heterocycles. The molecule has 0 nitrogen and oxygen atoms in total. The summed E-state index contributed by atoms with van der Waals surface area (Å²) in [6.45, 7) is 0. The van der Waals surface area contributed by atoms with E-state index in [-0.39, 0.29) is 24.2 Å². The molecular formula is C6H4I2. The van der Waals surface area contributed by atoms with Crippen LogP contribution >= 0.6 is 45.2 Å². The summed E-state index contributed by atoms with van der Waals surface area (Å²) < 4.78 is 30.4. The second-order valence-corrected chi connectivity index (χ2v) is 3.29. The molecule has 0 saturated heterocycles. The molecular weight excluding hydrogens is 326 g/mol. The van der Waals surface area contributed by atoms with Crippen LogP contribution in [0.1, 0.15) is 5.48 Å². The zero-order valence-corrected chi connectivity index (χ0v) is 8.07. The topological polar surface area (TPSA) is 0 Å². The van der Waals surface area contributed by atoms with Gasteiger partial charge >= 0.3 is 0 Å². The van der Waals surface area contributed by atoms with Crippen LogP contribution < -0.4 is 0 Å². The number of benzene rings is 1.